The molecule has 0 aliphatic rings. The maximum atomic E-state index is 12.9. The van der Waals surface area contributed by atoms with Gasteiger partial charge in [0.15, 0.2) is 0 Å². The highest BCUT2D eigenvalue weighted by atomic mass is 19.4. The first kappa shape index (κ1) is 18.0. The second kappa shape index (κ2) is 7.07. The molecule has 1 heterocycles. The van der Waals surface area contributed by atoms with Gasteiger partial charge in [-0.25, -0.2) is 0 Å². The fourth-order valence-corrected chi connectivity index (χ4v) is 2.66. The van der Waals surface area contributed by atoms with Crippen molar-refractivity contribution in [2.45, 2.75) is 32.5 Å². The van der Waals surface area contributed by atoms with Gasteiger partial charge in [0.25, 0.3) is 0 Å². The molecule has 0 saturated heterocycles. The normalized spacial score (nSPS) is 12.9. The Bertz CT molecular complexity index is 709. The van der Waals surface area contributed by atoms with Crippen LogP contribution in [0, 0.1) is 0 Å². The maximum Gasteiger partial charge on any atom is 0.416 e. The van der Waals surface area contributed by atoms with Crippen LogP contribution < -0.4 is 0 Å². The number of halogens is 3. The standard InChI is InChI=1S/C17H20F3N3O/c1-4-23(16(24)8-13-10-21-22(3)11-13)12(2)14-6-5-7-15(9-14)17(18,19)20/h5-7,9-12H,4,8H2,1-3H3. The predicted octanol–water partition coefficient (Wildman–Crippen LogP) is 3.59. The molecule has 0 bridgehead atoms. The summed E-state index contributed by atoms with van der Waals surface area (Å²) in [6, 6.07) is 4.67. The summed E-state index contributed by atoms with van der Waals surface area (Å²) in [5.41, 5.74) is 0.533. The van der Waals surface area contributed by atoms with E-state index >= 15 is 0 Å². The number of likely N-dealkylation sites (N-methyl/N-ethyl adjacent to an activating group) is 1. The number of aryl methyl sites for hydroxylation is 1. The van der Waals surface area contributed by atoms with Gasteiger partial charge in [0.1, 0.15) is 0 Å². The van der Waals surface area contributed by atoms with Gasteiger partial charge in [-0.05, 0) is 37.1 Å². The van der Waals surface area contributed by atoms with Crippen LogP contribution in [0.1, 0.15) is 36.6 Å². The lowest BCUT2D eigenvalue weighted by Gasteiger charge is -2.29. The van der Waals surface area contributed by atoms with E-state index in [0.717, 1.165) is 17.7 Å². The zero-order valence-corrected chi connectivity index (χ0v) is 13.8. The van der Waals surface area contributed by atoms with E-state index in [9.17, 15) is 18.0 Å². The number of nitrogens with zero attached hydrogens (tertiary/aromatic N) is 3. The number of hydrogen-bond donors (Lipinski definition) is 0. The quantitative estimate of drug-likeness (QED) is 0.835. The van der Waals surface area contributed by atoms with Gasteiger partial charge in [-0.1, -0.05) is 12.1 Å². The monoisotopic (exact) mass is 339 g/mol. The minimum atomic E-state index is -4.40. The molecule has 1 atom stereocenters. The van der Waals surface area contributed by atoms with E-state index in [0.29, 0.717) is 12.1 Å². The van der Waals surface area contributed by atoms with E-state index in [2.05, 4.69) is 5.10 Å². The summed E-state index contributed by atoms with van der Waals surface area (Å²) >= 11 is 0. The Hall–Kier alpha value is -2.31. The van der Waals surface area contributed by atoms with Crippen LogP contribution in [-0.4, -0.2) is 27.1 Å². The van der Waals surface area contributed by atoms with Crippen molar-refractivity contribution in [2.24, 2.45) is 7.05 Å². The summed E-state index contributed by atoms with van der Waals surface area (Å²) < 4.78 is 40.2. The summed E-state index contributed by atoms with van der Waals surface area (Å²) in [6.07, 6.45) is -0.862. The molecule has 2 aromatic rings. The number of alkyl halides is 3. The summed E-state index contributed by atoms with van der Waals surface area (Å²) in [5, 5.41) is 4.02. The Kier molecular flexibility index (Phi) is 5.31. The van der Waals surface area contributed by atoms with E-state index < -0.39 is 17.8 Å². The highest BCUT2D eigenvalue weighted by molar-refractivity contribution is 5.79. The van der Waals surface area contributed by atoms with Crippen molar-refractivity contribution in [2.75, 3.05) is 6.54 Å². The lowest BCUT2D eigenvalue weighted by Crippen LogP contribution is -2.34. The topological polar surface area (TPSA) is 38.1 Å². The lowest BCUT2D eigenvalue weighted by molar-refractivity contribution is -0.137. The smallest absolute Gasteiger partial charge is 0.336 e. The van der Waals surface area contributed by atoms with Gasteiger partial charge in [-0.3, -0.25) is 9.48 Å². The third kappa shape index (κ3) is 4.15. The average Bonchev–Trinajstić information content (AvgIpc) is 2.92. The SMILES string of the molecule is CCN(C(=O)Cc1cnn(C)c1)C(C)c1cccc(C(F)(F)F)c1. The average molecular weight is 339 g/mol. The molecule has 0 spiro atoms. The van der Waals surface area contributed by atoms with Crippen molar-refractivity contribution in [1.82, 2.24) is 14.7 Å². The fourth-order valence-electron chi connectivity index (χ4n) is 2.66. The Morgan fingerprint density at radius 3 is 2.62 bits per heavy atom. The van der Waals surface area contributed by atoms with Crippen molar-refractivity contribution >= 4 is 5.91 Å². The number of carbonyl (C=O) groups is 1. The van der Waals surface area contributed by atoms with Crippen LogP contribution in [0.2, 0.25) is 0 Å². The van der Waals surface area contributed by atoms with E-state index in [1.807, 2.05) is 6.92 Å². The summed E-state index contributed by atoms with van der Waals surface area (Å²) in [5.74, 6) is -0.143. The van der Waals surface area contributed by atoms with Crippen molar-refractivity contribution in [3.8, 4) is 0 Å². The number of benzene rings is 1. The van der Waals surface area contributed by atoms with Crippen LogP contribution >= 0.6 is 0 Å². The van der Waals surface area contributed by atoms with Crippen molar-refractivity contribution in [3.05, 3.63) is 53.3 Å². The van der Waals surface area contributed by atoms with Gasteiger partial charge in [-0.2, -0.15) is 18.3 Å². The number of amides is 1. The molecule has 1 amide bonds. The zero-order chi connectivity index (χ0) is 17.9. The van der Waals surface area contributed by atoms with E-state index in [4.69, 9.17) is 0 Å². The van der Waals surface area contributed by atoms with Crippen LogP contribution in [0.25, 0.3) is 0 Å². The van der Waals surface area contributed by atoms with Gasteiger partial charge in [0.2, 0.25) is 5.91 Å². The molecule has 0 saturated carbocycles. The molecule has 0 radical (unpaired) electrons. The molecular weight excluding hydrogens is 319 g/mol. The Morgan fingerprint density at radius 1 is 1.38 bits per heavy atom. The van der Waals surface area contributed by atoms with Gasteiger partial charge < -0.3 is 4.90 Å². The number of aromatic nitrogens is 2. The Balaban J connectivity index is 2.19. The second-order valence-corrected chi connectivity index (χ2v) is 5.68. The number of carbonyl (C=O) groups excluding carboxylic acids is 1. The first-order chi connectivity index (χ1) is 11.2. The molecule has 0 aliphatic heterocycles. The maximum absolute atomic E-state index is 12.9. The lowest BCUT2D eigenvalue weighted by atomic mass is 10.0. The minimum Gasteiger partial charge on any atom is -0.336 e. The summed E-state index contributed by atoms with van der Waals surface area (Å²) in [6.45, 7) is 3.96. The van der Waals surface area contributed by atoms with Gasteiger partial charge >= 0.3 is 6.18 Å². The summed E-state index contributed by atoms with van der Waals surface area (Å²) in [4.78, 5) is 14.1. The molecule has 7 heteroatoms. The molecule has 130 valence electrons. The summed E-state index contributed by atoms with van der Waals surface area (Å²) in [7, 11) is 1.76. The highest BCUT2D eigenvalue weighted by Gasteiger charge is 2.31. The second-order valence-electron chi connectivity index (χ2n) is 5.68. The van der Waals surface area contributed by atoms with Gasteiger partial charge in [-0.15, -0.1) is 0 Å². The first-order valence-electron chi connectivity index (χ1n) is 7.66. The van der Waals surface area contributed by atoms with Crippen LogP contribution in [0.15, 0.2) is 36.7 Å². The van der Waals surface area contributed by atoms with Crippen LogP contribution in [-0.2, 0) is 24.4 Å². The third-order valence-electron chi connectivity index (χ3n) is 3.94. The van der Waals surface area contributed by atoms with E-state index in [1.54, 1.807) is 42.0 Å². The van der Waals surface area contributed by atoms with Crippen molar-refractivity contribution < 1.29 is 18.0 Å². The minimum absolute atomic E-state index is 0.143. The van der Waals surface area contributed by atoms with Gasteiger partial charge in [0.05, 0.1) is 24.2 Å². The zero-order valence-electron chi connectivity index (χ0n) is 13.8. The van der Waals surface area contributed by atoms with Crippen molar-refractivity contribution in [3.63, 3.8) is 0 Å². The van der Waals surface area contributed by atoms with Crippen molar-refractivity contribution in [1.29, 1.82) is 0 Å². The Morgan fingerprint density at radius 2 is 2.08 bits per heavy atom. The van der Waals surface area contributed by atoms with Gasteiger partial charge in [0, 0.05) is 19.8 Å². The molecular formula is C17H20F3N3O. The van der Waals surface area contributed by atoms with E-state index in [1.165, 1.54) is 6.07 Å². The molecule has 1 aromatic heterocycles. The number of rotatable bonds is 5. The highest BCUT2D eigenvalue weighted by Crippen LogP contribution is 2.32. The third-order valence-corrected chi connectivity index (χ3v) is 3.94. The van der Waals surface area contributed by atoms with Crippen LogP contribution in [0.4, 0.5) is 13.2 Å². The number of hydrogen-bond acceptors (Lipinski definition) is 2. The van der Waals surface area contributed by atoms with Crippen LogP contribution in [0.3, 0.4) is 0 Å². The molecule has 4 nitrogen and oxygen atoms in total. The fraction of sp³-hybridized carbons (Fsp3) is 0.412. The molecule has 0 fully saturated rings. The Labute approximate surface area is 138 Å². The molecule has 2 rings (SSSR count). The van der Waals surface area contributed by atoms with E-state index in [-0.39, 0.29) is 12.3 Å². The largest absolute Gasteiger partial charge is 0.416 e. The van der Waals surface area contributed by atoms with Crippen LogP contribution in [0.5, 0.6) is 0 Å². The molecule has 0 N–H and O–H groups in total. The molecule has 0 aliphatic carbocycles. The molecule has 24 heavy (non-hydrogen) atoms. The predicted molar refractivity (Wildman–Crippen MR) is 84.2 cm³/mol. The molecule has 1 aromatic carbocycles. The molecule has 1 unspecified atom stereocenters. The first-order valence-corrected chi connectivity index (χ1v) is 7.66.